The van der Waals surface area contributed by atoms with E-state index in [1.807, 2.05) is 49.4 Å². The predicted molar refractivity (Wildman–Crippen MR) is 95.7 cm³/mol. The summed E-state index contributed by atoms with van der Waals surface area (Å²) >= 11 is 1.57. The number of carbonyl (C=O) groups is 1. The number of amides is 2. The number of para-hydroxylation sites is 1. The van der Waals surface area contributed by atoms with Crippen molar-refractivity contribution in [1.29, 1.82) is 0 Å². The lowest BCUT2D eigenvalue weighted by atomic mass is 10.3. The molecule has 24 heavy (non-hydrogen) atoms. The molecule has 0 saturated carbocycles. The van der Waals surface area contributed by atoms with Gasteiger partial charge in [-0.2, -0.15) is 0 Å². The molecule has 0 aliphatic heterocycles. The molecule has 0 unspecified atom stereocenters. The van der Waals surface area contributed by atoms with Gasteiger partial charge in [0, 0.05) is 16.8 Å². The average molecular weight is 339 g/mol. The molecule has 0 radical (unpaired) electrons. The quantitative estimate of drug-likeness (QED) is 0.716. The molecule has 1 aromatic heterocycles. The van der Waals surface area contributed by atoms with Crippen molar-refractivity contribution in [1.82, 2.24) is 10.3 Å². The Bertz CT molecular complexity index is 801. The first kappa shape index (κ1) is 16.0. The van der Waals surface area contributed by atoms with E-state index in [0.29, 0.717) is 18.0 Å². The summed E-state index contributed by atoms with van der Waals surface area (Å²) in [4.78, 5) is 17.1. The average Bonchev–Trinajstić information content (AvgIpc) is 3.01. The molecular weight excluding hydrogens is 322 g/mol. The Morgan fingerprint density at radius 2 is 1.79 bits per heavy atom. The molecule has 0 bridgehead atoms. The van der Waals surface area contributed by atoms with Gasteiger partial charge in [0.2, 0.25) is 0 Å². The first-order valence-corrected chi connectivity index (χ1v) is 8.30. The topological polar surface area (TPSA) is 63.2 Å². The number of benzene rings is 2. The second-order valence-electron chi connectivity index (χ2n) is 5.09. The molecule has 2 N–H and O–H groups in total. The fourth-order valence-electron chi connectivity index (χ4n) is 2.06. The van der Waals surface area contributed by atoms with Crippen LogP contribution in [0, 0.1) is 6.92 Å². The van der Waals surface area contributed by atoms with E-state index in [9.17, 15) is 4.79 Å². The number of ether oxygens (including phenoxy) is 1. The lowest BCUT2D eigenvalue weighted by Gasteiger charge is -2.08. The van der Waals surface area contributed by atoms with Crippen molar-refractivity contribution >= 4 is 23.1 Å². The van der Waals surface area contributed by atoms with Crippen molar-refractivity contribution in [2.45, 2.75) is 13.5 Å². The van der Waals surface area contributed by atoms with Crippen LogP contribution in [0.15, 0.2) is 60.8 Å². The van der Waals surface area contributed by atoms with Crippen molar-refractivity contribution in [3.8, 4) is 11.5 Å². The van der Waals surface area contributed by atoms with Gasteiger partial charge in [0.15, 0.2) is 0 Å². The Labute approximate surface area is 144 Å². The molecule has 0 saturated heterocycles. The van der Waals surface area contributed by atoms with E-state index in [0.717, 1.165) is 15.6 Å². The lowest BCUT2D eigenvalue weighted by molar-refractivity contribution is 0.252. The number of aromatic nitrogens is 1. The highest BCUT2D eigenvalue weighted by molar-refractivity contribution is 7.11. The Kier molecular flexibility index (Phi) is 5.08. The van der Waals surface area contributed by atoms with E-state index in [1.54, 1.807) is 29.7 Å². The predicted octanol–water partition coefficient (Wildman–Crippen LogP) is 4.57. The molecule has 2 amide bonds. The number of hydrogen-bond donors (Lipinski definition) is 2. The third-order valence-corrected chi connectivity index (χ3v) is 4.10. The van der Waals surface area contributed by atoms with Crippen LogP contribution in [-0.2, 0) is 6.54 Å². The Morgan fingerprint density at radius 3 is 2.46 bits per heavy atom. The van der Waals surface area contributed by atoms with Gasteiger partial charge in [-0.25, -0.2) is 9.78 Å². The van der Waals surface area contributed by atoms with Crippen molar-refractivity contribution in [3.63, 3.8) is 0 Å². The van der Waals surface area contributed by atoms with Crippen LogP contribution < -0.4 is 15.4 Å². The van der Waals surface area contributed by atoms with E-state index in [1.165, 1.54) is 0 Å². The molecular formula is C18H17N3O2S. The molecule has 5 nitrogen and oxygen atoms in total. The highest BCUT2D eigenvalue weighted by atomic mass is 32.1. The molecule has 0 aliphatic rings. The molecule has 2 aromatic carbocycles. The van der Waals surface area contributed by atoms with Gasteiger partial charge in [-0.15, -0.1) is 11.3 Å². The van der Waals surface area contributed by atoms with Gasteiger partial charge < -0.3 is 15.4 Å². The molecule has 0 spiro atoms. The normalized spacial score (nSPS) is 10.2. The summed E-state index contributed by atoms with van der Waals surface area (Å²) in [5.74, 6) is 1.49. The van der Waals surface area contributed by atoms with Crippen molar-refractivity contribution in [2.24, 2.45) is 0 Å². The van der Waals surface area contributed by atoms with E-state index in [2.05, 4.69) is 15.6 Å². The number of urea groups is 1. The largest absolute Gasteiger partial charge is 0.457 e. The number of carbonyl (C=O) groups excluding carboxylic acids is 1. The number of rotatable bonds is 5. The summed E-state index contributed by atoms with van der Waals surface area (Å²) in [5.41, 5.74) is 0.702. The minimum atomic E-state index is -0.252. The zero-order chi connectivity index (χ0) is 16.8. The molecule has 122 valence electrons. The van der Waals surface area contributed by atoms with E-state index >= 15 is 0 Å². The van der Waals surface area contributed by atoms with E-state index < -0.39 is 0 Å². The first-order valence-electron chi connectivity index (χ1n) is 7.48. The van der Waals surface area contributed by atoms with Gasteiger partial charge in [-0.1, -0.05) is 18.2 Å². The van der Waals surface area contributed by atoms with Gasteiger partial charge in [0.25, 0.3) is 0 Å². The van der Waals surface area contributed by atoms with Crippen molar-refractivity contribution in [2.75, 3.05) is 5.32 Å². The van der Waals surface area contributed by atoms with Crippen LogP contribution in [0.4, 0.5) is 10.5 Å². The maximum Gasteiger partial charge on any atom is 0.319 e. The SMILES string of the molecule is Cc1ncc(CNC(=O)Nc2ccc(Oc3ccccc3)cc2)s1. The summed E-state index contributed by atoms with van der Waals surface area (Å²) < 4.78 is 5.71. The molecule has 6 heteroatoms. The van der Waals surface area contributed by atoms with Crippen LogP contribution in [0.25, 0.3) is 0 Å². The number of hydrogen-bond acceptors (Lipinski definition) is 4. The third-order valence-electron chi connectivity index (χ3n) is 3.18. The summed E-state index contributed by atoms with van der Waals surface area (Å²) in [5, 5.41) is 6.58. The van der Waals surface area contributed by atoms with E-state index in [4.69, 9.17) is 4.74 Å². The van der Waals surface area contributed by atoms with Crippen LogP contribution in [0.2, 0.25) is 0 Å². The Balaban J connectivity index is 1.51. The maximum absolute atomic E-state index is 11.9. The molecule has 3 rings (SSSR count). The fraction of sp³-hybridized carbons (Fsp3) is 0.111. The zero-order valence-corrected chi connectivity index (χ0v) is 14.0. The monoisotopic (exact) mass is 339 g/mol. The zero-order valence-electron chi connectivity index (χ0n) is 13.2. The Hall–Kier alpha value is -2.86. The van der Waals surface area contributed by atoms with Crippen molar-refractivity contribution in [3.05, 3.63) is 70.7 Å². The summed E-state index contributed by atoms with van der Waals surface area (Å²) in [6, 6.07) is 16.5. The second kappa shape index (κ2) is 7.61. The van der Waals surface area contributed by atoms with Gasteiger partial charge >= 0.3 is 6.03 Å². The molecule has 0 fully saturated rings. The number of aryl methyl sites for hydroxylation is 1. The van der Waals surface area contributed by atoms with Crippen LogP contribution >= 0.6 is 11.3 Å². The number of thiazole rings is 1. The second-order valence-corrected chi connectivity index (χ2v) is 6.41. The smallest absolute Gasteiger partial charge is 0.319 e. The molecule has 3 aromatic rings. The molecule has 0 aliphatic carbocycles. The van der Waals surface area contributed by atoms with Crippen molar-refractivity contribution < 1.29 is 9.53 Å². The maximum atomic E-state index is 11.9. The fourth-order valence-corrected chi connectivity index (χ4v) is 2.80. The van der Waals surface area contributed by atoms with Crippen LogP contribution in [0.3, 0.4) is 0 Å². The van der Waals surface area contributed by atoms with Gasteiger partial charge in [0.1, 0.15) is 11.5 Å². The van der Waals surface area contributed by atoms with Crippen LogP contribution in [0.5, 0.6) is 11.5 Å². The highest BCUT2D eigenvalue weighted by Crippen LogP contribution is 2.22. The summed E-state index contributed by atoms with van der Waals surface area (Å²) in [6.45, 7) is 2.40. The van der Waals surface area contributed by atoms with Gasteiger partial charge in [-0.05, 0) is 43.3 Å². The number of nitrogens with zero attached hydrogens (tertiary/aromatic N) is 1. The van der Waals surface area contributed by atoms with E-state index in [-0.39, 0.29) is 6.03 Å². The highest BCUT2D eigenvalue weighted by Gasteiger charge is 2.04. The summed E-state index contributed by atoms with van der Waals surface area (Å²) in [7, 11) is 0. The van der Waals surface area contributed by atoms with Crippen LogP contribution in [0.1, 0.15) is 9.88 Å². The first-order chi connectivity index (χ1) is 11.7. The third kappa shape index (κ3) is 4.57. The molecule has 1 heterocycles. The minimum absolute atomic E-state index is 0.252. The Morgan fingerprint density at radius 1 is 1.08 bits per heavy atom. The standard InChI is InChI=1S/C18H17N3O2S/c1-13-19-11-17(24-13)12-20-18(22)21-14-7-9-16(10-8-14)23-15-5-3-2-4-6-15/h2-11H,12H2,1H3,(H2,20,21,22). The lowest BCUT2D eigenvalue weighted by Crippen LogP contribution is -2.27. The van der Waals surface area contributed by atoms with Crippen LogP contribution in [-0.4, -0.2) is 11.0 Å². The summed E-state index contributed by atoms with van der Waals surface area (Å²) in [6.07, 6.45) is 1.77. The van der Waals surface area contributed by atoms with Gasteiger partial charge in [0.05, 0.1) is 11.6 Å². The van der Waals surface area contributed by atoms with Gasteiger partial charge in [-0.3, -0.25) is 0 Å². The number of anilines is 1. The minimum Gasteiger partial charge on any atom is -0.457 e. The molecule has 0 atom stereocenters. The number of nitrogens with one attached hydrogen (secondary N) is 2.